The van der Waals surface area contributed by atoms with Gasteiger partial charge in [-0.15, -0.1) is 0 Å². The lowest BCUT2D eigenvalue weighted by molar-refractivity contribution is -0.117. The number of hydrogen-bond donors (Lipinski definition) is 1. The number of nitrogens with zero attached hydrogens (tertiary/aromatic N) is 4. The number of urea groups is 1. The number of nitriles is 1. The number of anilines is 3. The molecule has 0 saturated carbocycles. The second-order valence-corrected chi connectivity index (χ2v) is 9.67. The molecule has 39 heavy (non-hydrogen) atoms. The van der Waals surface area contributed by atoms with Crippen molar-refractivity contribution in [3.8, 4) is 6.07 Å². The number of aryl methyl sites for hydroxylation is 2. The van der Waals surface area contributed by atoms with Crippen LogP contribution in [0.2, 0.25) is 0 Å². The van der Waals surface area contributed by atoms with Crippen molar-refractivity contribution in [3.05, 3.63) is 88.7 Å². The predicted molar refractivity (Wildman–Crippen MR) is 146 cm³/mol. The fourth-order valence-electron chi connectivity index (χ4n) is 5.19. The Kier molecular flexibility index (Phi) is 7.28. The molecule has 2 heterocycles. The molecule has 9 heteroatoms. The molecule has 2 aliphatic rings. The van der Waals surface area contributed by atoms with Crippen LogP contribution in [0.3, 0.4) is 0 Å². The van der Waals surface area contributed by atoms with Crippen molar-refractivity contribution >= 4 is 34.9 Å². The van der Waals surface area contributed by atoms with Crippen molar-refractivity contribution in [1.82, 2.24) is 5.32 Å². The van der Waals surface area contributed by atoms with Gasteiger partial charge in [0.25, 0.3) is 5.91 Å². The number of carbonyl (C=O) groups excluding carboxylic acids is 3. The number of rotatable bonds is 4. The fourth-order valence-corrected chi connectivity index (χ4v) is 5.19. The highest BCUT2D eigenvalue weighted by Crippen LogP contribution is 2.36. The van der Waals surface area contributed by atoms with Crippen LogP contribution in [0.4, 0.5) is 26.2 Å². The molecule has 0 fully saturated rings. The van der Waals surface area contributed by atoms with E-state index in [-0.39, 0.29) is 36.9 Å². The van der Waals surface area contributed by atoms with Gasteiger partial charge in [0.15, 0.2) is 0 Å². The van der Waals surface area contributed by atoms with Crippen molar-refractivity contribution in [2.24, 2.45) is 0 Å². The summed E-state index contributed by atoms with van der Waals surface area (Å²) < 4.78 is 14.8. The Morgan fingerprint density at radius 2 is 1.82 bits per heavy atom. The van der Waals surface area contributed by atoms with Crippen molar-refractivity contribution in [2.45, 2.75) is 32.7 Å². The van der Waals surface area contributed by atoms with E-state index in [1.165, 1.54) is 28.7 Å². The van der Waals surface area contributed by atoms with Gasteiger partial charge in [0.1, 0.15) is 24.6 Å². The molecule has 0 spiro atoms. The first-order chi connectivity index (χ1) is 18.9. The number of hydrogen-bond acceptors (Lipinski definition) is 4. The molecule has 4 amide bonds. The van der Waals surface area contributed by atoms with Gasteiger partial charge in [-0.3, -0.25) is 19.4 Å². The van der Waals surface area contributed by atoms with Crippen molar-refractivity contribution in [3.63, 3.8) is 0 Å². The van der Waals surface area contributed by atoms with E-state index in [0.29, 0.717) is 12.1 Å². The zero-order valence-electron chi connectivity index (χ0n) is 21.6. The number of nitrogens with one attached hydrogen (secondary N) is 1. The Morgan fingerprint density at radius 1 is 1.03 bits per heavy atom. The fraction of sp³-hybridized carbons (Fsp3) is 0.267. The molecular weight excluding hydrogens is 497 g/mol. The van der Waals surface area contributed by atoms with Gasteiger partial charge in [-0.2, -0.15) is 5.26 Å². The molecule has 0 saturated heterocycles. The number of amides is 4. The molecule has 0 atom stereocenters. The highest BCUT2D eigenvalue weighted by atomic mass is 19.1. The molecule has 8 nitrogen and oxygen atoms in total. The molecule has 0 unspecified atom stereocenters. The predicted octanol–water partition coefficient (Wildman–Crippen LogP) is 4.70. The molecule has 0 aromatic heterocycles. The summed E-state index contributed by atoms with van der Waals surface area (Å²) in [6.07, 6.45) is 2.91. The molecule has 3 aromatic carbocycles. The van der Waals surface area contributed by atoms with Gasteiger partial charge in [-0.1, -0.05) is 30.3 Å². The number of halogens is 1. The van der Waals surface area contributed by atoms with Crippen LogP contribution in [-0.4, -0.2) is 37.5 Å². The largest absolute Gasteiger partial charge is 0.334 e. The van der Waals surface area contributed by atoms with E-state index in [2.05, 4.69) is 11.4 Å². The molecule has 2 aliphatic heterocycles. The number of para-hydroxylation sites is 2. The maximum atomic E-state index is 14.8. The maximum absolute atomic E-state index is 14.8. The van der Waals surface area contributed by atoms with Crippen LogP contribution < -0.4 is 20.0 Å². The zero-order valence-corrected chi connectivity index (χ0v) is 21.6. The summed E-state index contributed by atoms with van der Waals surface area (Å²) in [6, 6.07) is 18.8. The summed E-state index contributed by atoms with van der Waals surface area (Å²) in [5.41, 5.74) is 4.44. The Morgan fingerprint density at radius 3 is 2.62 bits per heavy atom. The second-order valence-electron chi connectivity index (χ2n) is 9.67. The summed E-state index contributed by atoms with van der Waals surface area (Å²) in [5.74, 6) is -1.20. The van der Waals surface area contributed by atoms with Gasteiger partial charge in [-0.05, 0) is 73.2 Å². The lowest BCUT2D eigenvalue weighted by atomic mass is 10.0. The number of carbonyl (C=O) groups is 3. The topological polar surface area (TPSA) is 96.8 Å². The van der Waals surface area contributed by atoms with Crippen LogP contribution in [0.15, 0.2) is 60.7 Å². The standard InChI is InChI=1S/C30H28FN5O3/c1-20-17-22(29(38)35-15-5-4-8-21-7-2-3-10-25(21)35)12-13-23(20)18-33-30(39)36-19-27(37)34(16-14-32)26-11-6-9-24(31)28(26)36/h2-3,6-7,9-13,17H,4-5,8,15-16,18-19H2,1H3,(H,33,39). The second kappa shape index (κ2) is 11.0. The van der Waals surface area contributed by atoms with Gasteiger partial charge >= 0.3 is 6.03 Å². The third-order valence-corrected chi connectivity index (χ3v) is 7.22. The first-order valence-corrected chi connectivity index (χ1v) is 12.9. The third kappa shape index (κ3) is 5.06. The Bertz CT molecular complexity index is 1500. The quantitative estimate of drug-likeness (QED) is 0.499. The highest BCUT2D eigenvalue weighted by Gasteiger charge is 2.34. The maximum Gasteiger partial charge on any atom is 0.322 e. The molecule has 0 aliphatic carbocycles. The van der Waals surface area contributed by atoms with Gasteiger partial charge in [0.05, 0.1) is 11.8 Å². The minimum absolute atomic E-state index is 0.0414. The SMILES string of the molecule is Cc1cc(C(=O)N2CCCCc3ccccc32)ccc1CNC(=O)N1CC(=O)N(CC#N)c2cccc(F)c21. The van der Waals surface area contributed by atoms with Gasteiger partial charge in [0.2, 0.25) is 5.91 Å². The van der Waals surface area contributed by atoms with Crippen LogP contribution in [0, 0.1) is 24.1 Å². The van der Waals surface area contributed by atoms with E-state index in [1.807, 2.05) is 42.2 Å². The van der Waals surface area contributed by atoms with Gasteiger partial charge < -0.3 is 10.2 Å². The lowest BCUT2D eigenvalue weighted by Crippen LogP contribution is -2.51. The Balaban J connectivity index is 1.31. The van der Waals surface area contributed by atoms with Crippen molar-refractivity contribution in [1.29, 1.82) is 5.26 Å². The highest BCUT2D eigenvalue weighted by molar-refractivity contribution is 6.11. The summed E-state index contributed by atoms with van der Waals surface area (Å²) in [4.78, 5) is 43.3. The van der Waals surface area contributed by atoms with E-state index < -0.39 is 17.8 Å². The summed E-state index contributed by atoms with van der Waals surface area (Å²) in [6.45, 7) is 2.03. The molecular formula is C30H28FN5O3. The minimum Gasteiger partial charge on any atom is -0.334 e. The molecule has 5 rings (SSSR count). The van der Waals surface area contributed by atoms with Crippen LogP contribution in [-0.2, 0) is 17.8 Å². The van der Waals surface area contributed by atoms with Crippen LogP contribution >= 0.6 is 0 Å². The van der Waals surface area contributed by atoms with E-state index in [4.69, 9.17) is 5.26 Å². The van der Waals surface area contributed by atoms with E-state index >= 15 is 0 Å². The van der Waals surface area contributed by atoms with Crippen LogP contribution in [0.25, 0.3) is 0 Å². The number of fused-ring (bicyclic) bond motifs is 2. The van der Waals surface area contributed by atoms with Gasteiger partial charge in [-0.25, -0.2) is 9.18 Å². The Hall–Kier alpha value is -4.71. The smallest absolute Gasteiger partial charge is 0.322 e. The normalized spacial score (nSPS) is 14.7. The molecule has 3 aromatic rings. The zero-order chi connectivity index (χ0) is 27.5. The molecule has 0 radical (unpaired) electrons. The van der Waals surface area contributed by atoms with Crippen LogP contribution in [0.1, 0.15) is 39.9 Å². The molecule has 198 valence electrons. The van der Waals surface area contributed by atoms with Gasteiger partial charge in [0, 0.05) is 24.3 Å². The van der Waals surface area contributed by atoms with E-state index in [0.717, 1.165) is 41.0 Å². The minimum atomic E-state index is -0.660. The molecule has 0 bridgehead atoms. The lowest BCUT2D eigenvalue weighted by Gasteiger charge is -2.35. The monoisotopic (exact) mass is 525 g/mol. The third-order valence-electron chi connectivity index (χ3n) is 7.22. The summed E-state index contributed by atoms with van der Waals surface area (Å²) in [7, 11) is 0. The molecule has 1 N–H and O–H groups in total. The first kappa shape index (κ1) is 25.9. The van der Waals surface area contributed by atoms with Crippen molar-refractivity contribution < 1.29 is 18.8 Å². The Labute approximate surface area is 226 Å². The van der Waals surface area contributed by atoms with E-state index in [9.17, 15) is 18.8 Å². The van der Waals surface area contributed by atoms with Crippen LogP contribution in [0.5, 0.6) is 0 Å². The number of benzene rings is 3. The summed E-state index contributed by atoms with van der Waals surface area (Å²) >= 11 is 0. The van der Waals surface area contributed by atoms with E-state index in [1.54, 1.807) is 12.1 Å². The first-order valence-electron chi connectivity index (χ1n) is 12.9. The summed E-state index contributed by atoms with van der Waals surface area (Å²) in [5, 5.41) is 11.8. The van der Waals surface area contributed by atoms with Crippen molar-refractivity contribution in [2.75, 3.05) is 34.3 Å². The average molecular weight is 526 g/mol. The average Bonchev–Trinajstić information content (AvgIpc) is 3.16.